The highest BCUT2D eigenvalue weighted by Crippen LogP contribution is 2.18. The van der Waals surface area contributed by atoms with E-state index in [2.05, 4.69) is 34.8 Å². The van der Waals surface area contributed by atoms with Crippen molar-refractivity contribution in [1.82, 2.24) is 4.98 Å². The average molecular weight is 243 g/mol. The van der Waals surface area contributed by atoms with Gasteiger partial charge in [0.25, 0.3) is 0 Å². The molecule has 1 aromatic rings. The Morgan fingerprint density at radius 3 is 2.69 bits per heavy atom. The lowest BCUT2D eigenvalue weighted by Crippen LogP contribution is -2.14. The number of aromatic nitrogens is 1. The van der Waals surface area contributed by atoms with Crippen molar-refractivity contribution in [3.63, 3.8) is 0 Å². The van der Waals surface area contributed by atoms with Gasteiger partial charge in [-0.25, -0.2) is 4.98 Å². The Bertz CT molecular complexity index is 273. The molecule has 1 rings (SSSR count). The largest absolute Gasteiger partial charge is 0.323 e. The van der Waals surface area contributed by atoms with Gasteiger partial charge >= 0.3 is 0 Å². The molecule has 3 heteroatoms. The predicted octanol–water partition coefficient (Wildman–Crippen LogP) is 2.89. The number of hydrogen-bond donors (Lipinski definition) is 1. The Balaban J connectivity index is 2.71. The number of nitrogens with two attached hydrogens (primary N) is 1. The molecule has 0 spiro atoms. The van der Waals surface area contributed by atoms with E-state index in [1.165, 1.54) is 0 Å². The molecular formula is C10H15BrN2. The van der Waals surface area contributed by atoms with Gasteiger partial charge in [-0.15, -0.1) is 0 Å². The summed E-state index contributed by atoms with van der Waals surface area (Å²) >= 11 is 3.33. The van der Waals surface area contributed by atoms with Gasteiger partial charge in [0.1, 0.15) is 4.60 Å². The van der Waals surface area contributed by atoms with E-state index in [4.69, 9.17) is 5.73 Å². The van der Waals surface area contributed by atoms with Crippen LogP contribution in [-0.2, 0) is 0 Å². The Morgan fingerprint density at radius 1 is 1.46 bits per heavy atom. The van der Waals surface area contributed by atoms with Crippen molar-refractivity contribution in [3.8, 4) is 0 Å². The summed E-state index contributed by atoms with van der Waals surface area (Å²) in [6.07, 6.45) is 0.976. The summed E-state index contributed by atoms with van der Waals surface area (Å²) in [5.41, 5.74) is 6.94. The second-order valence-electron chi connectivity index (χ2n) is 3.62. The molecule has 0 unspecified atom stereocenters. The van der Waals surface area contributed by atoms with Gasteiger partial charge in [0.15, 0.2) is 0 Å². The van der Waals surface area contributed by atoms with Crippen molar-refractivity contribution in [2.75, 3.05) is 0 Å². The van der Waals surface area contributed by atoms with Crippen LogP contribution in [0.3, 0.4) is 0 Å². The van der Waals surface area contributed by atoms with Crippen LogP contribution in [-0.4, -0.2) is 4.98 Å². The quantitative estimate of drug-likeness (QED) is 0.829. The smallest absolute Gasteiger partial charge is 0.106 e. The Kier molecular flexibility index (Phi) is 3.88. The van der Waals surface area contributed by atoms with Crippen LogP contribution in [0, 0.1) is 5.92 Å². The molecule has 0 aromatic carbocycles. The minimum atomic E-state index is 0.0532. The summed E-state index contributed by atoms with van der Waals surface area (Å²) in [6.45, 7) is 4.33. The molecule has 1 aromatic heterocycles. The third kappa shape index (κ3) is 3.44. The summed E-state index contributed by atoms with van der Waals surface area (Å²) in [6, 6.07) is 5.90. The minimum absolute atomic E-state index is 0.0532. The molecule has 2 nitrogen and oxygen atoms in total. The number of pyridine rings is 1. The van der Waals surface area contributed by atoms with Gasteiger partial charge in [-0.2, -0.15) is 0 Å². The minimum Gasteiger partial charge on any atom is -0.323 e. The molecule has 1 atom stereocenters. The maximum Gasteiger partial charge on any atom is 0.106 e. The molecule has 13 heavy (non-hydrogen) atoms. The normalized spacial score (nSPS) is 13.3. The Hall–Kier alpha value is -0.410. The monoisotopic (exact) mass is 242 g/mol. The zero-order valence-corrected chi connectivity index (χ0v) is 9.58. The first-order valence-electron chi connectivity index (χ1n) is 4.47. The van der Waals surface area contributed by atoms with Crippen LogP contribution < -0.4 is 5.73 Å². The molecular weight excluding hydrogens is 228 g/mol. The van der Waals surface area contributed by atoms with Crippen LogP contribution >= 0.6 is 15.9 Å². The van der Waals surface area contributed by atoms with Gasteiger partial charge < -0.3 is 5.73 Å². The molecule has 0 saturated heterocycles. The molecule has 0 radical (unpaired) electrons. The van der Waals surface area contributed by atoms with Gasteiger partial charge in [-0.05, 0) is 40.4 Å². The summed E-state index contributed by atoms with van der Waals surface area (Å²) in [7, 11) is 0. The molecule has 0 saturated carbocycles. The highest BCUT2D eigenvalue weighted by Gasteiger charge is 2.09. The number of nitrogens with zero attached hydrogens (tertiary/aromatic N) is 1. The Labute approximate surface area is 87.7 Å². The third-order valence-electron chi connectivity index (χ3n) is 1.84. The van der Waals surface area contributed by atoms with Crippen LogP contribution in [0.25, 0.3) is 0 Å². The summed E-state index contributed by atoms with van der Waals surface area (Å²) in [5, 5.41) is 0. The van der Waals surface area contributed by atoms with Crippen molar-refractivity contribution in [1.29, 1.82) is 0 Å². The zero-order valence-electron chi connectivity index (χ0n) is 8.00. The van der Waals surface area contributed by atoms with Crippen molar-refractivity contribution < 1.29 is 0 Å². The van der Waals surface area contributed by atoms with Crippen LogP contribution in [0.5, 0.6) is 0 Å². The lowest BCUT2D eigenvalue weighted by molar-refractivity contribution is 0.502. The second-order valence-corrected chi connectivity index (χ2v) is 4.43. The number of hydrogen-bond acceptors (Lipinski definition) is 2. The van der Waals surface area contributed by atoms with Crippen LogP contribution in [0.15, 0.2) is 22.8 Å². The highest BCUT2D eigenvalue weighted by atomic mass is 79.9. The molecule has 0 aliphatic rings. The van der Waals surface area contributed by atoms with Gasteiger partial charge in [0.05, 0.1) is 5.69 Å². The molecule has 0 amide bonds. The fourth-order valence-electron chi connectivity index (χ4n) is 1.26. The fourth-order valence-corrected chi connectivity index (χ4v) is 1.62. The summed E-state index contributed by atoms with van der Waals surface area (Å²) in [5.74, 6) is 0.607. The van der Waals surface area contributed by atoms with E-state index in [1.54, 1.807) is 0 Å². The first kappa shape index (κ1) is 10.7. The highest BCUT2D eigenvalue weighted by molar-refractivity contribution is 9.10. The standard InChI is InChI=1S/C10H15BrN2/c1-7(2)6-8(12)9-4-3-5-10(11)13-9/h3-5,7-8H,6,12H2,1-2H3/t8-/m1/s1. The van der Waals surface area contributed by atoms with E-state index in [1.807, 2.05) is 18.2 Å². The van der Waals surface area contributed by atoms with Gasteiger partial charge in [-0.3, -0.25) is 0 Å². The topological polar surface area (TPSA) is 38.9 Å². The summed E-state index contributed by atoms with van der Waals surface area (Å²) < 4.78 is 0.851. The molecule has 72 valence electrons. The first-order valence-corrected chi connectivity index (χ1v) is 5.27. The second kappa shape index (κ2) is 4.72. The van der Waals surface area contributed by atoms with E-state index in [0.717, 1.165) is 16.7 Å². The van der Waals surface area contributed by atoms with Gasteiger partial charge in [0, 0.05) is 6.04 Å². The van der Waals surface area contributed by atoms with E-state index >= 15 is 0 Å². The van der Waals surface area contributed by atoms with E-state index in [9.17, 15) is 0 Å². The molecule has 0 aliphatic heterocycles. The van der Waals surface area contributed by atoms with E-state index in [-0.39, 0.29) is 6.04 Å². The maximum atomic E-state index is 5.98. The van der Waals surface area contributed by atoms with E-state index in [0.29, 0.717) is 5.92 Å². The van der Waals surface area contributed by atoms with Crippen LogP contribution in [0.2, 0.25) is 0 Å². The molecule has 1 heterocycles. The van der Waals surface area contributed by atoms with Crippen molar-refractivity contribution in [3.05, 3.63) is 28.5 Å². The maximum absolute atomic E-state index is 5.98. The van der Waals surface area contributed by atoms with E-state index < -0.39 is 0 Å². The van der Waals surface area contributed by atoms with Gasteiger partial charge in [0.2, 0.25) is 0 Å². The van der Waals surface area contributed by atoms with Crippen molar-refractivity contribution in [2.24, 2.45) is 11.7 Å². The number of rotatable bonds is 3. The lowest BCUT2D eigenvalue weighted by Gasteiger charge is -2.13. The number of halogens is 1. The molecule has 0 aliphatic carbocycles. The first-order chi connectivity index (χ1) is 6.09. The SMILES string of the molecule is CC(C)C[C@@H](N)c1cccc(Br)n1. The molecule has 0 bridgehead atoms. The average Bonchev–Trinajstić information content (AvgIpc) is 2.03. The zero-order chi connectivity index (χ0) is 9.84. The van der Waals surface area contributed by atoms with Crippen LogP contribution in [0.4, 0.5) is 0 Å². The third-order valence-corrected chi connectivity index (χ3v) is 2.28. The van der Waals surface area contributed by atoms with Crippen molar-refractivity contribution in [2.45, 2.75) is 26.3 Å². The summed E-state index contributed by atoms with van der Waals surface area (Å²) in [4.78, 5) is 4.32. The molecule has 0 fully saturated rings. The predicted molar refractivity (Wildman–Crippen MR) is 58.3 cm³/mol. The van der Waals surface area contributed by atoms with Crippen molar-refractivity contribution >= 4 is 15.9 Å². The Morgan fingerprint density at radius 2 is 2.15 bits per heavy atom. The fraction of sp³-hybridized carbons (Fsp3) is 0.500. The van der Waals surface area contributed by atoms with Crippen LogP contribution in [0.1, 0.15) is 32.0 Å². The molecule has 2 N–H and O–H groups in total. The van der Waals surface area contributed by atoms with Gasteiger partial charge in [-0.1, -0.05) is 19.9 Å². The lowest BCUT2D eigenvalue weighted by atomic mass is 10.0.